The quantitative estimate of drug-likeness (QED) is 0.719. The first-order chi connectivity index (χ1) is 8.90. The summed E-state index contributed by atoms with van der Waals surface area (Å²) in [6.45, 7) is 2.21. The third-order valence-corrected chi connectivity index (χ3v) is 4.00. The van der Waals surface area contributed by atoms with Crippen LogP contribution in [0.25, 0.3) is 0 Å². The fourth-order valence-electron chi connectivity index (χ4n) is 2.03. The van der Waals surface area contributed by atoms with Gasteiger partial charge in [0.15, 0.2) is 9.76 Å². The van der Waals surface area contributed by atoms with E-state index >= 15 is 0 Å². The highest BCUT2D eigenvalue weighted by Gasteiger charge is 2.11. The van der Waals surface area contributed by atoms with Gasteiger partial charge in [0.1, 0.15) is 0 Å². The molecular formula is C16H20OSi. The second kappa shape index (κ2) is 7.14. The van der Waals surface area contributed by atoms with E-state index in [9.17, 15) is 0 Å². The Hall–Kier alpha value is -1.38. The maximum atomic E-state index is 6.12. The van der Waals surface area contributed by atoms with E-state index in [1.165, 1.54) is 17.2 Å². The summed E-state index contributed by atoms with van der Waals surface area (Å²) in [5.74, 6) is 0. The lowest BCUT2D eigenvalue weighted by Crippen LogP contribution is -2.10. The van der Waals surface area contributed by atoms with Gasteiger partial charge in [-0.3, -0.25) is 0 Å². The van der Waals surface area contributed by atoms with Crippen LogP contribution in [0.1, 0.15) is 24.2 Å². The lowest BCUT2D eigenvalue weighted by Gasteiger charge is -2.18. The van der Waals surface area contributed by atoms with Crippen molar-refractivity contribution < 1.29 is 4.43 Å². The van der Waals surface area contributed by atoms with E-state index in [1.54, 1.807) is 0 Å². The number of hydrogen-bond acceptors (Lipinski definition) is 1. The van der Waals surface area contributed by atoms with Gasteiger partial charge in [-0.2, -0.15) is 0 Å². The highest BCUT2D eigenvalue weighted by Crippen LogP contribution is 2.21. The van der Waals surface area contributed by atoms with Crippen LogP contribution in [0.4, 0.5) is 0 Å². The Morgan fingerprint density at radius 1 is 0.944 bits per heavy atom. The van der Waals surface area contributed by atoms with Gasteiger partial charge in [0.2, 0.25) is 0 Å². The Bertz CT molecular complexity index is 441. The number of benzene rings is 2. The summed E-state index contributed by atoms with van der Waals surface area (Å²) in [5, 5.41) is 0. The zero-order valence-corrected chi connectivity index (χ0v) is 12.3. The topological polar surface area (TPSA) is 9.23 Å². The van der Waals surface area contributed by atoms with Crippen LogP contribution in [0.3, 0.4) is 0 Å². The van der Waals surface area contributed by atoms with Crippen molar-refractivity contribution >= 4 is 9.76 Å². The van der Waals surface area contributed by atoms with E-state index in [0.717, 1.165) is 6.42 Å². The van der Waals surface area contributed by atoms with Gasteiger partial charge in [-0.25, -0.2) is 0 Å². The molecule has 0 heterocycles. The van der Waals surface area contributed by atoms with E-state index < -0.39 is 0 Å². The molecule has 94 valence electrons. The molecule has 0 spiro atoms. The summed E-state index contributed by atoms with van der Waals surface area (Å²) in [6.07, 6.45) is 1.19. The van der Waals surface area contributed by atoms with Gasteiger partial charge in [-0.05, 0) is 17.2 Å². The van der Waals surface area contributed by atoms with E-state index in [4.69, 9.17) is 4.43 Å². The van der Waals surface area contributed by atoms with Crippen molar-refractivity contribution in [3.05, 3.63) is 71.8 Å². The second-order valence-electron chi connectivity index (χ2n) is 4.46. The SMILES string of the molecule is CC[SiH2]OC(Cc1ccccc1)c1ccccc1. The number of rotatable bonds is 6. The lowest BCUT2D eigenvalue weighted by atomic mass is 10.0. The molecule has 0 radical (unpaired) electrons. The molecule has 1 atom stereocenters. The molecule has 0 saturated heterocycles. The highest BCUT2D eigenvalue weighted by atomic mass is 28.2. The number of hydrogen-bond donors (Lipinski definition) is 0. The summed E-state index contributed by atoms with van der Waals surface area (Å²) in [5.41, 5.74) is 2.64. The summed E-state index contributed by atoms with van der Waals surface area (Å²) in [4.78, 5) is 0. The minimum absolute atomic E-state index is 0.222. The molecular weight excluding hydrogens is 236 g/mol. The predicted molar refractivity (Wildman–Crippen MR) is 79.4 cm³/mol. The Morgan fingerprint density at radius 3 is 2.17 bits per heavy atom. The summed E-state index contributed by atoms with van der Waals surface area (Å²) in [6, 6.07) is 22.3. The first-order valence-electron chi connectivity index (χ1n) is 6.60. The zero-order chi connectivity index (χ0) is 12.6. The van der Waals surface area contributed by atoms with Gasteiger partial charge in [0.25, 0.3) is 0 Å². The molecule has 1 unspecified atom stereocenters. The smallest absolute Gasteiger partial charge is 0.162 e. The minimum Gasteiger partial charge on any atom is -0.417 e. The molecule has 0 fully saturated rings. The largest absolute Gasteiger partial charge is 0.417 e. The van der Waals surface area contributed by atoms with Crippen molar-refractivity contribution in [1.82, 2.24) is 0 Å². The fraction of sp³-hybridized carbons (Fsp3) is 0.250. The monoisotopic (exact) mass is 256 g/mol. The summed E-state index contributed by atoms with van der Waals surface area (Å²) >= 11 is 0. The molecule has 18 heavy (non-hydrogen) atoms. The predicted octanol–water partition coefficient (Wildman–Crippen LogP) is 3.51. The molecule has 0 N–H and O–H groups in total. The lowest BCUT2D eigenvalue weighted by molar-refractivity contribution is 0.217. The fourth-order valence-corrected chi connectivity index (χ4v) is 2.86. The summed E-state index contributed by atoms with van der Waals surface area (Å²) < 4.78 is 6.12. The van der Waals surface area contributed by atoms with Gasteiger partial charge < -0.3 is 4.43 Å². The van der Waals surface area contributed by atoms with E-state index in [-0.39, 0.29) is 15.9 Å². The van der Waals surface area contributed by atoms with Crippen LogP contribution in [0.5, 0.6) is 0 Å². The average Bonchev–Trinajstić information content (AvgIpc) is 2.45. The molecule has 2 rings (SSSR count). The van der Waals surface area contributed by atoms with Crippen LogP contribution in [-0.2, 0) is 10.8 Å². The van der Waals surface area contributed by atoms with Gasteiger partial charge >= 0.3 is 0 Å². The molecule has 2 aromatic rings. The van der Waals surface area contributed by atoms with Crippen molar-refractivity contribution in [3.63, 3.8) is 0 Å². The van der Waals surface area contributed by atoms with Gasteiger partial charge in [-0.1, -0.05) is 67.6 Å². The van der Waals surface area contributed by atoms with Crippen LogP contribution >= 0.6 is 0 Å². The van der Waals surface area contributed by atoms with Crippen molar-refractivity contribution in [2.75, 3.05) is 0 Å². The molecule has 1 nitrogen and oxygen atoms in total. The second-order valence-corrected chi connectivity index (χ2v) is 6.20. The normalized spacial score (nSPS) is 12.9. The first kappa shape index (κ1) is 13.1. The van der Waals surface area contributed by atoms with Crippen LogP contribution < -0.4 is 0 Å². The Morgan fingerprint density at radius 2 is 1.56 bits per heavy atom. The third kappa shape index (κ3) is 3.83. The first-order valence-corrected chi connectivity index (χ1v) is 8.18. The van der Waals surface area contributed by atoms with Gasteiger partial charge in [-0.15, -0.1) is 0 Å². The van der Waals surface area contributed by atoms with E-state index in [0.29, 0.717) is 0 Å². The average molecular weight is 256 g/mol. The van der Waals surface area contributed by atoms with Crippen molar-refractivity contribution in [2.45, 2.75) is 25.5 Å². The molecule has 0 bridgehead atoms. The van der Waals surface area contributed by atoms with Crippen molar-refractivity contribution in [3.8, 4) is 0 Å². The van der Waals surface area contributed by atoms with E-state index in [2.05, 4.69) is 67.6 Å². The third-order valence-electron chi connectivity index (χ3n) is 2.96. The van der Waals surface area contributed by atoms with Gasteiger partial charge in [0.05, 0.1) is 6.10 Å². The Labute approximate surface area is 112 Å². The highest BCUT2D eigenvalue weighted by molar-refractivity contribution is 6.26. The van der Waals surface area contributed by atoms with Crippen LogP contribution in [0, 0.1) is 0 Å². The molecule has 2 aromatic carbocycles. The van der Waals surface area contributed by atoms with Crippen LogP contribution in [0.2, 0.25) is 6.04 Å². The molecule has 0 aliphatic heterocycles. The van der Waals surface area contributed by atoms with Crippen LogP contribution in [-0.4, -0.2) is 9.76 Å². The van der Waals surface area contributed by atoms with Gasteiger partial charge in [0, 0.05) is 6.42 Å². The minimum atomic E-state index is -0.385. The maximum Gasteiger partial charge on any atom is 0.162 e. The summed E-state index contributed by atoms with van der Waals surface area (Å²) in [7, 11) is -0.385. The molecule has 2 heteroatoms. The molecule has 0 saturated carbocycles. The van der Waals surface area contributed by atoms with Crippen molar-refractivity contribution in [2.24, 2.45) is 0 Å². The van der Waals surface area contributed by atoms with Crippen molar-refractivity contribution in [1.29, 1.82) is 0 Å². The molecule has 0 aliphatic carbocycles. The zero-order valence-electron chi connectivity index (χ0n) is 10.9. The maximum absolute atomic E-state index is 6.12. The molecule has 0 amide bonds. The molecule has 0 aromatic heterocycles. The molecule has 0 aliphatic rings. The van der Waals surface area contributed by atoms with E-state index in [1.807, 2.05) is 0 Å². The Kier molecular flexibility index (Phi) is 5.18. The van der Waals surface area contributed by atoms with Crippen LogP contribution in [0.15, 0.2) is 60.7 Å². The Balaban J connectivity index is 2.10. The standard InChI is InChI=1S/C16H20OSi/c1-2-18-17-16(15-11-7-4-8-12-15)13-14-9-5-3-6-10-14/h3-12,16H,2,13,18H2,1H3.